The van der Waals surface area contributed by atoms with E-state index in [1.807, 2.05) is 13.8 Å². The lowest BCUT2D eigenvalue weighted by molar-refractivity contribution is -0.0390. The lowest BCUT2D eigenvalue weighted by Gasteiger charge is -2.26. The number of methoxy groups -OCH3 is 1. The van der Waals surface area contributed by atoms with Crippen LogP contribution in [0.15, 0.2) is 18.5 Å². The van der Waals surface area contributed by atoms with E-state index in [0.29, 0.717) is 18.8 Å². The van der Waals surface area contributed by atoms with Crippen LogP contribution in [0.3, 0.4) is 0 Å². The summed E-state index contributed by atoms with van der Waals surface area (Å²) in [6, 6.07) is 1.80. The third-order valence-corrected chi connectivity index (χ3v) is 2.53. The summed E-state index contributed by atoms with van der Waals surface area (Å²) in [4.78, 5) is 4.06. The Morgan fingerprint density at radius 1 is 1.38 bits per heavy atom. The summed E-state index contributed by atoms with van der Waals surface area (Å²) < 4.78 is 10.4. The van der Waals surface area contributed by atoms with E-state index < -0.39 is 5.60 Å². The molecule has 0 bridgehead atoms. The molecule has 0 aromatic carbocycles. The van der Waals surface area contributed by atoms with Crippen LogP contribution in [0.4, 0.5) is 0 Å². The Bertz CT molecular complexity index is 330. The topological polar surface area (TPSA) is 51.6 Å². The smallest absolute Gasteiger partial charge is 0.137 e. The molecule has 1 atom stereocenters. The monoisotopic (exact) mass is 225 g/mol. The third-order valence-electron chi connectivity index (χ3n) is 2.53. The van der Waals surface area contributed by atoms with Gasteiger partial charge in [0.25, 0.3) is 0 Å². The van der Waals surface area contributed by atoms with Crippen LogP contribution in [0.25, 0.3) is 0 Å². The Morgan fingerprint density at radius 3 is 2.69 bits per heavy atom. The Balaban J connectivity index is 2.96. The number of aliphatic hydroxyl groups is 1. The van der Waals surface area contributed by atoms with Gasteiger partial charge < -0.3 is 14.6 Å². The fourth-order valence-corrected chi connectivity index (χ4v) is 1.55. The van der Waals surface area contributed by atoms with Gasteiger partial charge in [0.1, 0.15) is 11.4 Å². The van der Waals surface area contributed by atoms with Gasteiger partial charge in [-0.2, -0.15) is 0 Å². The van der Waals surface area contributed by atoms with Crippen LogP contribution in [0.5, 0.6) is 5.75 Å². The molecule has 1 heterocycles. The maximum Gasteiger partial charge on any atom is 0.137 e. The quantitative estimate of drug-likeness (QED) is 0.801. The zero-order valence-electron chi connectivity index (χ0n) is 10.1. The van der Waals surface area contributed by atoms with Crippen LogP contribution in [-0.4, -0.2) is 30.4 Å². The average molecular weight is 225 g/mol. The third kappa shape index (κ3) is 2.93. The molecular weight excluding hydrogens is 206 g/mol. The summed E-state index contributed by atoms with van der Waals surface area (Å²) in [5.74, 6) is 0.669. The molecule has 90 valence electrons. The minimum absolute atomic E-state index is 0.251. The largest absolute Gasteiger partial charge is 0.492 e. The molecule has 4 heteroatoms. The van der Waals surface area contributed by atoms with Crippen LogP contribution in [0.2, 0.25) is 0 Å². The van der Waals surface area contributed by atoms with E-state index in [0.717, 1.165) is 5.56 Å². The van der Waals surface area contributed by atoms with Crippen molar-refractivity contribution in [3.05, 3.63) is 24.0 Å². The van der Waals surface area contributed by atoms with Gasteiger partial charge in [0.2, 0.25) is 0 Å². The Morgan fingerprint density at radius 2 is 2.12 bits per heavy atom. The van der Waals surface area contributed by atoms with E-state index >= 15 is 0 Å². The second-order valence-corrected chi connectivity index (χ2v) is 3.66. The Hall–Kier alpha value is -1.13. The van der Waals surface area contributed by atoms with Crippen molar-refractivity contribution in [3.8, 4) is 5.75 Å². The summed E-state index contributed by atoms with van der Waals surface area (Å²) in [5, 5.41) is 10.4. The molecule has 0 saturated carbocycles. The van der Waals surface area contributed by atoms with E-state index in [9.17, 15) is 5.11 Å². The molecule has 1 N–H and O–H groups in total. The standard InChI is InChI=1S/C12H19NO3/c1-4-12(14,9-15-3)10-6-11(16-5-2)8-13-7-10/h6-8,14H,4-5,9H2,1-3H3. The van der Waals surface area contributed by atoms with Gasteiger partial charge in [-0.3, -0.25) is 4.98 Å². The number of aromatic nitrogens is 1. The highest BCUT2D eigenvalue weighted by Crippen LogP contribution is 2.27. The first-order valence-corrected chi connectivity index (χ1v) is 5.46. The minimum atomic E-state index is -0.991. The molecule has 16 heavy (non-hydrogen) atoms. The molecule has 0 fully saturated rings. The van der Waals surface area contributed by atoms with Gasteiger partial charge in [0.05, 0.1) is 19.4 Å². The predicted octanol–water partition coefficient (Wildman–Crippen LogP) is 1.72. The summed E-state index contributed by atoms with van der Waals surface area (Å²) in [5.41, 5.74) is -0.266. The summed E-state index contributed by atoms with van der Waals surface area (Å²) >= 11 is 0. The molecule has 0 aliphatic carbocycles. The maximum atomic E-state index is 10.4. The fraction of sp³-hybridized carbons (Fsp3) is 0.583. The number of rotatable bonds is 6. The first kappa shape index (κ1) is 12.9. The molecule has 0 saturated heterocycles. The molecule has 0 aliphatic heterocycles. The van der Waals surface area contributed by atoms with E-state index in [1.54, 1.807) is 25.6 Å². The van der Waals surface area contributed by atoms with Gasteiger partial charge in [-0.15, -0.1) is 0 Å². The zero-order chi connectivity index (χ0) is 12.0. The maximum absolute atomic E-state index is 10.4. The first-order valence-electron chi connectivity index (χ1n) is 5.46. The molecular formula is C12H19NO3. The van der Waals surface area contributed by atoms with E-state index in [1.165, 1.54) is 0 Å². The molecule has 1 unspecified atom stereocenters. The molecule has 1 aromatic rings. The molecule has 1 rings (SSSR count). The number of ether oxygens (including phenoxy) is 2. The summed E-state index contributed by atoms with van der Waals surface area (Å²) in [6.45, 7) is 4.65. The average Bonchev–Trinajstić information content (AvgIpc) is 2.30. The van der Waals surface area contributed by atoms with E-state index in [-0.39, 0.29) is 6.61 Å². The molecule has 1 aromatic heterocycles. The molecule has 0 amide bonds. The minimum Gasteiger partial charge on any atom is -0.492 e. The zero-order valence-corrected chi connectivity index (χ0v) is 10.1. The van der Waals surface area contributed by atoms with Gasteiger partial charge in [0.15, 0.2) is 0 Å². The highest BCUT2D eigenvalue weighted by molar-refractivity contribution is 5.28. The van der Waals surface area contributed by atoms with Crippen molar-refractivity contribution in [2.45, 2.75) is 25.9 Å². The van der Waals surface area contributed by atoms with Gasteiger partial charge in [-0.05, 0) is 19.4 Å². The van der Waals surface area contributed by atoms with Crippen molar-refractivity contribution >= 4 is 0 Å². The fourth-order valence-electron chi connectivity index (χ4n) is 1.55. The van der Waals surface area contributed by atoms with Crippen LogP contribution in [0, 0.1) is 0 Å². The highest BCUT2D eigenvalue weighted by atomic mass is 16.5. The summed E-state index contributed by atoms with van der Waals surface area (Å²) in [7, 11) is 1.57. The SMILES string of the molecule is CCOc1cncc(C(O)(CC)COC)c1. The Labute approximate surface area is 96.2 Å². The van der Waals surface area contributed by atoms with Crippen LogP contribution in [0.1, 0.15) is 25.8 Å². The molecule has 0 radical (unpaired) electrons. The number of hydrogen-bond donors (Lipinski definition) is 1. The summed E-state index contributed by atoms with van der Waals surface area (Å²) in [6.07, 6.45) is 3.85. The van der Waals surface area contributed by atoms with Gasteiger partial charge >= 0.3 is 0 Å². The normalized spacial score (nSPS) is 14.5. The molecule has 4 nitrogen and oxygen atoms in total. The van der Waals surface area contributed by atoms with Crippen molar-refractivity contribution in [2.24, 2.45) is 0 Å². The predicted molar refractivity (Wildman–Crippen MR) is 61.5 cm³/mol. The number of hydrogen-bond acceptors (Lipinski definition) is 4. The van der Waals surface area contributed by atoms with Crippen LogP contribution >= 0.6 is 0 Å². The van der Waals surface area contributed by atoms with E-state index in [4.69, 9.17) is 9.47 Å². The highest BCUT2D eigenvalue weighted by Gasteiger charge is 2.27. The van der Waals surface area contributed by atoms with Crippen molar-refractivity contribution in [1.29, 1.82) is 0 Å². The Kier molecular flexibility index (Phi) is 4.71. The van der Waals surface area contributed by atoms with Crippen LogP contribution in [-0.2, 0) is 10.3 Å². The molecule has 0 spiro atoms. The van der Waals surface area contributed by atoms with E-state index in [2.05, 4.69) is 4.98 Å². The first-order chi connectivity index (χ1) is 7.66. The van der Waals surface area contributed by atoms with Gasteiger partial charge in [0, 0.05) is 18.9 Å². The second kappa shape index (κ2) is 5.82. The lowest BCUT2D eigenvalue weighted by Crippen LogP contribution is -2.30. The lowest BCUT2D eigenvalue weighted by atomic mass is 9.93. The van der Waals surface area contributed by atoms with Crippen molar-refractivity contribution in [2.75, 3.05) is 20.3 Å². The van der Waals surface area contributed by atoms with Gasteiger partial charge in [-0.25, -0.2) is 0 Å². The number of nitrogens with zero attached hydrogens (tertiary/aromatic N) is 1. The molecule has 0 aliphatic rings. The van der Waals surface area contributed by atoms with Gasteiger partial charge in [-0.1, -0.05) is 6.92 Å². The van der Waals surface area contributed by atoms with Crippen molar-refractivity contribution in [3.63, 3.8) is 0 Å². The van der Waals surface area contributed by atoms with Crippen molar-refractivity contribution < 1.29 is 14.6 Å². The number of pyridine rings is 1. The van der Waals surface area contributed by atoms with Crippen LogP contribution < -0.4 is 4.74 Å². The second-order valence-electron chi connectivity index (χ2n) is 3.66. The van der Waals surface area contributed by atoms with Crippen molar-refractivity contribution in [1.82, 2.24) is 4.98 Å².